The van der Waals surface area contributed by atoms with Crippen LogP contribution in [0.5, 0.6) is 0 Å². The number of rotatable bonds is 5. The Kier molecular flexibility index (Phi) is 8.86. The molecular formula is C33H32Cl2SiZr. The van der Waals surface area contributed by atoms with Gasteiger partial charge >= 0.3 is 223 Å². The summed E-state index contributed by atoms with van der Waals surface area (Å²) in [6, 6.07) is 32.5. The molecule has 4 aromatic rings. The number of hydrogen-bond acceptors (Lipinski definition) is 0. The predicted molar refractivity (Wildman–Crippen MR) is 149 cm³/mol. The minimum absolute atomic E-state index is 0. The fourth-order valence-electron chi connectivity index (χ4n) is 6.17. The minimum atomic E-state index is -0.584. The van der Waals surface area contributed by atoms with Gasteiger partial charge in [-0.2, -0.15) is 0 Å². The van der Waals surface area contributed by atoms with E-state index >= 15 is 0 Å². The number of halogens is 2. The maximum atomic E-state index is 2.57. The van der Waals surface area contributed by atoms with Crippen molar-refractivity contribution in [1.82, 2.24) is 0 Å². The topological polar surface area (TPSA) is 0 Å². The maximum absolute atomic E-state index is 2.57. The second-order valence-electron chi connectivity index (χ2n) is 10.3. The molecule has 4 aromatic carbocycles. The second-order valence-corrected chi connectivity index (χ2v) is 25.4. The molecule has 0 fully saturated rings. The van der Waals surface area contributed by atoms with Crippen LogP contribution in [-0.4, -0.2) is 5.92 Å². The minimum Gasteiger partial charge on any atom is -1.00 e. The van der Waals surface area contributed by atoms with E-state index in [-0.39, 0.29) is 24.8 Å². The molecule has 0 aromatic heterocycles. The first-order chi connectivity index (χ1) is 17.1. The van der Waals surface area contributed by atoms with Crippen LogP contribution < -0.4 is 24.8 Å². The van der Waals surface area contributed by atoms with Gasteiger partial charge in [0.05, 0.1) is 0 Å². The zero-order valence-electron chi connectivity index (χ0n) is 21.9. The Bertz CT molecular complexity index is 1460. The summed E-state index contributed by atoms with van der Waals surface area (Å²) < 4.78 is 0.704. The molecule has 2 atom stereocenters. The molecule has 0 N–H and O–H groups in total. The molecule has 2 unspecified atom stereocenters. The van der Waals surface area contributed by atoms with Crippen LogP contribution in [0.3, 0.4) is 0 Å². The summed E-state index contributed by atoms with van der Waals surface area (Å²) in [6.45, 7) is 9.65. The first kappa shape index (κ1) is 28.3. The SMILES string of the molecule is CCC1=Cc2c(-c3ccc(C)cc3)cccc2C1c1cccc2c1[CH]([Zr+2][SiH](C)C)c1ccccc1-2.[Cl-].[Cl-]. The largest absolute Gasteiger partial charge is 1.00 e. The van der Waals surface area contributed by atoms with E-state index in [1.54, 1.807) is 22.3 Å². The molecule has 0 nitrogen and oxygen atoms in total. The van der Waals surface area contributed by atoms with Gasteiger partial charge in [-0.15, -0.1) is 0 Å². The van der Waals surface area contributed by atoms with Crippen molar-refractivity contribution in [2.75, 3.05) is 0 Å². The Morgan fingerprint density at radius 1 is 0.703 bits per heavy atom. The van der Waals surface area contributed by atoms with Gasteiger partial charge in [-0.05, 0) is 0 Å². The van der Waals surface area contributed by atoms with E-state index in [0.717, 1.165) is 6.42 Å². The van der Waals surface area contributed by atoms with Gasteiger partial charge in [-0.3, -0.25) is 0 Å². The van der Waals surface area contributed by atoms with E-state index in [9.17, 15) is 0 Å². The van der Waals surface area contributed by atoms with Crippen LogP contribution in [0, 0.1) is 6.92 Å². The molecule has 186 valence electrons. The third-order valence-corrected chi connectivity index (χ3v) is 17.6. The van der Waals surface area contributed by atoms with Crippen LogP contribution in [-0.2, 0) is 22.4 Å². The van der Waals surface area contributed by atoms with Gasteiger partial charge in [0.2, 0.25) is 0 Å². The summed E-state index contributed by atoms with van der Waals surface area (Å²) >= 11 is -0.513. The number of aryl methyl sites for hydroxylation is 1. The molecule has 0 spiro atoms. The van der Waals surface area contributed by atoms with Gasteiger partial charge in [-0.25, -0.2) is 0 Å². The Morgan fingerprint density at radius 3 is 2.03 bits per heavy atom. The molecule has 0 saturated carbocycles. The number of fused-ring (bicyclic) bond motifs is 4. The fourth-order valence-corrected chi connectivity index (χ4v) is 16.1. The third kappa shape index (κ3) is 4.92. The van der Waals surface area contributed by atoms with E-state index in [4.69, 9.17) is 0 Å². The average Bonchev–Trinajstić information content (AvgIpc) is 3.40. The van der Waals surface area contributed by atoms with Crippen molar-refractivity contribution in [3.8, 4) is 22.3 Å². The normalized spacial score (nSPS) is 16.6. The van der Waals surface area contributed by atoms with Gasteiger partial charge in [-0.1, -0.05) is 0 Å². The summed E-state index contributed by atoms with van der Waals surface area (Å²) in [7, 11) is 0. The Hall–Kier alpha value is -1.70. The van der Waals surface area contributed by atoms with E-state index in [1.807, 2.05) is 0 Å². The van der Waals surface area contributed by atoms with Crippen molar-refractivity contribution in [2.24, 2.45) is 0 Å². The Balaban J connectivity index is 0.00000160. The number of hydrogen-bond donors (Lipinski definition) is 0. The smallest absolute Gasteiger partial charge is 1.00 e. The Labute approximate surface area is 246 Å². The standard InChI is InChI=1S/C31H25.C2H7Si.2ClH.Zr/c1-3-21-18-29-24(22-16-14-20(2)15-17-22)10-6-12-27(29)31(21)28-13-7-11-26-25-9-5-4-8-23(25)19-30(26)28;1-3-2;;;/h4-19,31H,3H2,1-2H3;3H,1-2H3;2*1H;/q;;;;+2/p-2. The van der Waals surface area contributed by atoms with Gasteiger partial charge in [0, 0.05) is 0 Å². The third-order valence-electron chi connectivity index (χ3n) is 7.72. The Morgan fingerprint density at radius 2 is 1.32 bits per heavy atom. The zero-order chi connectivity index (χ0) is 24.1. The summed E-state index contributed by atoms with van der Waals surface area (Å²) in [5.74, 6) is -0.209. The van der Waals surface area contributed by atoms with E-state index in [2.05, 4.69) is 118 Å². The number of allylic oxidation sites excluding steroid dienone is 1. The van der Waals surface area contributed by atoms with E-state index < -0.39 is 28.3 Å². The molecule has 2 aliphatic carbocycles. The van der Waals surface area contributed by atoms with Crippen LogP contribution in [0.15, 0.2) is 90.5 Å². The summed E-state index contributed by atoms with van der Waals surface area (Å²) in [5.41, 5.74) is 16.4. The molecule has 2 aliphatic rings. The van der Waals surface area contributed by atoms with Crippen molar-refractivity contribution >= 4 is 12.0 Å². The maximum Gasteiger partial charge on any atom is -1.00 e. The van der Waals surface area contributed by atoms with Crippen molar-refractivity contribution < 1.29 is 47.2 Å². The van der Waals surface area contributed by atoms with Gasteiger partial charge in [0.1, 0.15) is 0 Å². The van der Waals surface area contributed by atoms with Crippen LogP contribution >= 0.6 is 0 Å². The van der Waals surface area contributed by atoms with E-state index in [1.165, 1.54) is 38.9 Å². The molecule has 6 rings (SSSR count). The van der Waals surface area contributed by atoms with Crippen LogP contribution in [0.1, 0.15) is 56.3 Å². The summed E-state index contributed by atoms with van der Waals surface area (Å²) in [5, 5.41) is 0. The summed E-state index contributed by atoms with van der Waals surface area (Å²) in [4.78, 5) is 0. The first-order valence-corrected chi connectivity index (χ1v) is 21.5. The van der Waals surface area contributed by atoms with Crippen molar-refractivity contribution in [3.05, 3.63) is 124 Å². The fraction of sp³-hybridized carbons (Fsp3) is 0.212. The predicted octanol–water partition coefficient (Wildman–Crippen LogP) is 2.74. The molecule has 37 heavy (non-hydrogen) atoms. The van der Waals surface area contributed by atoms with Gasteiger partial charge in [0.25, 0.3) is 0 Å². The van der Waals surface area contributed by atoms with Gasteiger partial charge < -0.3 is 24.8 Å². The first-order valence-electron chi connectivity index (χ1n) is 13.0. The molecule has 0 aliphatic heterocycles. The second kappa shape index (κ2) is 11.6. The van der Waals surface area contributed by atoms with Crippen molar-refractivity contribution in [3.63, 3.8) is 0 Å². The van der Waals surface area contributed by atoms with Gasteiger partial charge in [0.15, 0.2) is 0 Å². The monoisotopic (exact) mass is 616 g/mol. The average molecular weight is 619 g/mol. The molecule has 0 radical (unpaired) electrons. The molecule has 0 bridgehead atoms. The van der Waals surface area contributed by atoms with E-state index in [0.29, 0.717) is 9.54 Å². The van der Waals surface area contributed by atoms with Crippen LogP contribution in [0.2, 0.25) is 13.1 Å². The summed E-state index contributed by atoms with van der Waals surface area (Å²) in [6.07, 6.45) is 3.61. The molecule has 4 heteroatoms. The van der Waals surface area contributed by atoms with Crippen molar-refractivity contribution in [2.45, 2.75) is 42.9 Å². The molecule has 0 amide bonds. The van der Waals surface area contributed by atoms with Crippen molar-refractivity contribution in [1.29, 1.82) is 0 Å². The van der Waals surface area contributed by atoms with Crippen LogP contribution in [0.4, 0.5) is 0 Å². The van der Waals surface area contributed by atoms with Crippen LogP contribution in [0.25, 0.3) is 28.3 Å². The zero-order valence-corrected chi connectivity index (χ0v) is 27.0. The quantitative estimate of drug-likeness (QED) is 0.302. The number of benzene rings is 4. The molecule has 0 saturated heterocycles. The molecule has 0 heterocycles. The molecular weight excluding hydrogens is 587 g/mol.